The zero-order valence-corrected chi connectivity index (χ0v) is 11.1. The van der Waals surface area contributed by atoms with Crippen molar-refractivity contribution >= 4 is 10.0 Å². The highest BCUT2D eigenvalue weighted by atomic mass is 32.2. The maximum atomic E-state index is 12.7. The lowest BCUT2D eigenvalue weighted by atomic mass is 10.1. The van der Waals surface area contributed by atoms with E-state index < -0.39 is 39.3 Å². The fourth-order valence-electron chi connectivity index (χ4n) is 1.44. The Kier molecular flexibility index (Phi) is 4.59. The molecule has 0 spiro atoms. The van der Waals surface area contributed by atoms with Crippen LogP contribution in [0.2, 0.25) is 0 Å². The van der Waals surface area contributed by atoms with Crippen LogP contribution in [0.5, 0.6) is 0 Å². The van der Waals surface area contributed by atoms with Crippen LogP contribution in [-0.2, 0) is 16.2 Å². The highest BCUT2D eigenvalue weighted by molar-refractivity contribution is 7.89. The van der Waals surface area contributed by atoms with Gasteiger partial charge in [-0.05, 0) is 31.5 Å². The summed E-state index contributed by atoms with van der Waals surface area (Å²) in [6.07, 6.45) is -4.61. The van der Waals surface area contributed by atoms with Gasteiger partial charge in [0.25, 0.3) is 0 Å². The Labute approximate surface area is 109 Å². The van der Waals surface area contributed by atoms with Crippen LogP contribution in [0, 0.1) is 6.92 Å². The molecule has 0 heterocycles. The second kappa shape index (κ2) is 5.48. The van der Waals surface area contributed by atoms with Crippen LogP contribution >= 0.6 is 0 Å². The molecule has 0 aromatic heterocycles. The van der Waals surface area contributed by atoms with Gasteiger partial charge in [-0.15, -0.1) is 0 Å². The van der Waals surface area contributed by atoms with Gasteiger partial charge in [0.2, 0.25) is 10.0 Å². The molecule has 108 valence electrons. The van der Waals surface area contributed by atoms with Crippen molar-refractivity contribution in [2.75, 3.05) is 6.61 Å². The Bertz CT molecular complexity index is 555. The number of sulfonamides is 1. The van der Waals surface area contributed by atoms with Gasteiger partial charge in [-0.25, -0.2) is 13.1 Å². The summed E-state index contributed by atoms with van der Waals surface area (Å²) in [5.74, 6) is 0. The number of aliphatic hydroxyl groups excluding tert-OH is 1. The van der Waals surface area contributed by atoms with E-state index in [-0.39, 0.29) is 5.56 Å². The first-order valence-corrected chi connectivity index (χ1v) is 6.87. The number of rotatable bonds is 4. The van der Waals surface area contributed by atoms with Gasteiger partial charge in [0, 0.05) is 6.04 Å². The fourth-order valence-corrected chi connectivity index (χ4v) is 2.70. The maximum absolute atomic E-state index is 12.7. The van der Waals surface area contributed by atoms with E-state index in [0.717, 1.165) is 12.1 Å². The minimum atomic E-state index is -4.61. The first-order chi connectivity index (χ1) is 8.58. The van der Waals surface area contributed by atoms with E-state index in [1.807, 2.05) is 0 Å². The second-order valence-corrected chi connectivity index (χ2v) is 5.89. The molecule has 8 heteroatoms. The van der Waals surface area contributed by atoms with Crippen LogP contribution in [0.25, 0.3) is 0 Å². The van der Waals surface area contributed by atoms with E-state index in [1.54, 1.807) is 0 Å². The molecule has 0 radical (unpaired) electrons. The van der Waals surface area contributed by atoms with Crippen LogP contribution in [0.1, 0.15) is 18.1 Å². The molecule has 0 saturated heterocycles. The first kappa shape index (κ1) is 15.9. The van der Waals surface area contributed by atoms with E-state index in [2.05, 4.69) is 4.72 Å². The molecule has 0 saturated carbocycles. The third-order valence-corrected chi connectivity index (χ3v) is 4.04. The summed E-state index contributed by atoms with van der Waals surface area (Å²) in [7, 11) is -4.08. The number of aryl methyl sites for hydroxylation is 1. The SMILES string of the molecule is Cc1ccc(S(=O)(=O)N[C@H](C)CO)cc1C(F)(F)F. The monoisotopic (exact) mass is 297 g/mol. The van der Waals surface area contributed by atoms with Crippen LogP contribution in [0.4, 0.5) is 13.2 Å². The molecule has 4 nitrogen and oxygen atoms in total. The second-order valence-electron chi connectivity index (χ2n) is 4.18. The lowest BCUT2D eigenvalue weighted by Gasteiger charge is -2.14. The summed E-state index contributed by atoms with van der Waals surface area (Å²) in [5.41, 5.74) is -1.05. The van der Waals surface area contributed by atoms with Gasteiger partial charge in [-0.2, -0.15) is 13.2 Å². The van der Waals surface area contributed by atoms with Gasteiger partial charge in [0.05, 0.1) is 17.1 Å². The van der Waals surface area contributed by atoms with Crippen molar-refractivity contribution in [3.8, 4) is 0 Å². The van der Waals surface area contributed by atoms with E-state index in [1.165, 1.54) is 13.8 Å². The Morgan fingerprint density at radius 1 is 1.37 bits per heavy atom. The first-order valence-electron chi connectivity index (χ1n) is 5.39. The molecule has 1 aromatic carbocycles. The quantitative estimate of drug-likeness (QED) is 0.888. The lowest BCUT2D eigenvalue weighted by molar-refractivity contribution is -0.138. The predicted molar refractivity (Wildman–Crippen MR) is 63.1 cm³/mol. The molecule has 0 bridgehead atoms. The van der Waals surface area contributed by atoms with Gasteiger partial charge in [-0.1, -0.05) is 6.07 Å². The summed E-state index contributed by atoms with van der Waals surface area (Å²) in [6.45, 7) is 2.20. The Morgan fingerprint density at radius 2 is 1.95 bits per heavy atom. The van der Waals surface area contributed by atoms with Crippen LogP contribution in [-0.4, -0.2) is 26.2 Å². The summed E-state index contributed by atoms with van der Waals surface area (Å²) >= 11 is 0. The summed E-state index contributed by atoms with van der Waals surface area (Å²) in [4.78, 5) is -0.481. The van der Waals surface area contributed by atoms with Gasteiger partial charge < -0.3 is 5.11 Å². The molecule has 0 aliphatic rings. The minimum absolute atomic E-state index is 0.0540. The normalized spacial score (nSPS) is 14.4. The van der Waals surface area contributed by atoms with Crippen molar-refractivity contribution in [3.63, 3.8) is 0 Å². The van der Waals surface area contributed by atoms with Crippen molar-refractivity contribution in [2.24, 2.45) is 0 Å². The molecule has 0 amide bonds. The number of nitrogens with one attached hydrogen (secondary N) is 1. The molecule has 1 atom stereocenters. The van der Waals surface area contributed by atoms with Gasteiger partial charge in [0.15, 0.2) is 0 Å². The molecule has 0 fully saturated rings. The third-order valence-electron chi connectivity index (χ3n) is 2.45. The van der Waals surface area contributed by atoms with Gasteiger partial charge in [0.1, 0.15) is 0 Å². The van der Waals surface area contributed by atoms with E-state index >= 15 is 0 Å². The number of alkyl halides is 3. The predicted octanol–water partition coefficient (Wildman–Crippen LogP) is 1.67. The highest BCUT2D eigenvalue weighted by Gasteiger charge is 2.33. The molecule has 19 heavy (non-hydrogen) atoms. The molecule has 0 unspecified atom stereocenters. The number of hydrogen-bond donors (Lipinski definition) is 2. The number of halogens is 3. The van der Waals surface area contributed by atoms with Crippen LogP contribution in [0.15, 0.2) is 23.1 Å². The maximum Gasteiger partial charge on any atom is 0.416 e. The van der Waals surface area contributed by atoms with Crippen LogP contribution < -0.4 is 4.72 Å². The largest absolute Gasteiger partial charge is 0.416 e. The number of hydrogen-bond acceptors (Lipinski definition) is 3. The van der Waals surface area contributed by atoms with Crippen LogP contribution in [0.3, 0.4) is 0 Å². The molecule has 1 aromatic rings. The smallest absolute Gasteiger partial charge is 0.395 e. The van der Waals surface area contributed by atoms with E-state index in [4.69, 9.17) is 5.11 Å². The number of aliphatic hydroxyl groups is 1. The molecule has 0 aliphatic heterocycles. The van der Waals surface area contributed by atoms with Crippen molar-refractivity contribution < 1.29 is 26.7 Å². The van der Waals surface area contributed by atoms with E-state index in [0.29, 0.717) is 6.07 Å². The Hall–Kier alpha value is -1.12. The van der Waals surface area contributed by atoms with Crippen molar-refractivity contribution in [2.45, 2.75) is 31.0 Å². The average molecular weight is 297 g/mol. The lowest BCUT2D eigenvalue weighted by Crippen LogP contribution is -2.35. The minimum Gasteiger partial charge on any atom is -0.395 e. The average Bonchev–Trinajstić information content (AvgIpc) is 2.26. The zero-order chi connectivity index (χ0) is 14.8. The van der Waals surface area contributed by atoms with Crippen molar-refractivity contribution in [1.29, 1.82) is 0 Å². The van der Waals surface area contributed by atoms with Gasteiger partial charge >= 0.3 is 6.18 Å². The van der Waals surface area contributed by atoms with E-state index in [9.17, 15) is 21.6 Å². The van der Waals surface area contributed by atoms with Gasteiger partial charge in [-0.3, -0.25) is 0 Å². The molecular weight excluding hydrogens is 283 g/mol. The summed E-state index contributed by atoms with van der Waals surface area (Å²) < 4.78 is 63.8. The highest BCUT2D eigenvalue weighted by Crippen LogP contribution is 2.33. The summed E-state index contributed by atoms with van der Waals surface area (Å²) in [6, 6.07) is 2.00. The van der Waals surface area contributed by atoms with Crippen molar-refractivity contribution in [1.82, 2.24) is 4.72 Å². The zero-order valence-electron chi connectivity index (χ0n) is 10.3. The molecule has 2 N–H and O–H groups in total. The molecular formula is C11H14F3NO3S. The molecule has 1 rings (SSSR count). The Balaban J connectivity index is 3.23. The standard InChI is InChI=1S/C11H14F3NO3S/c1-7-3-4-9(5-10(7)11(12,13)14)19(17,18)15-8(2)6-16/h3-5,8,15-16H,6H2,1-2H3/t8-/m1/s1. The van der Waals surface area contributed by atoms with Crippen molar-refractivity contribution in [3.05, 3.63) is 29.3 Å². The molecule has 0 aliphatic carbocycles. The summed E-state index contributed by atoms with van der Waals surface area (Å²) in [5, 5.41) is 8.77. The Morgan fingerprint density at radius 3 is 2.42 bits per heavy atom. The number of benzene rings is 1. The topological polar surface area (TPSA) is 66.4 Å². The third kappa shape index (κ3) is 3.92. The fraction of sp³-hybridized carbons (Fsp3) is 0.455.